The summed E-state index contributed by atoms with van der Waals surface area (Å²) in [5, 5.41) is 2.36. The number of halogens is 6. The smallest absolute Gasteiger partial charge is 0.321 e. The number of carbonyl (C=O) groups is 1. The summed E-state index contributed by atoms with van der Waals surface area (Å²) in [4.78, 5) is 12.1. The summed E-state index contributed by atoms with van der Waals surface area (Å²) in [6.07, 6.45) is -4.51. The maximum Gasteiger partial charge on any atom is 0.416 e. The molecule has 0 atom stereocenters. The van der Waals surface area contributed by atoms with Gasteiger partial charge in [0.2, 0.25) is 0 Å². The van der Waals surface area contributed by atoms with Crippen LogP contribution in [-0.2, 0) is 6.18 Å². The van der Waals surface area contributed by atoms with Crippen LogP contribution in [0.4, 0.5) is 23.2 Å². The van der Waals surface area contributed by atoms with E-state index < -0.39 is 23.5 Å². The molecule has 0 aliphatic rings. The van der Waals surface area contributed by atoms with Crippen LogP contribution in [-0.4, -0.2) is 5.91 Å². The Morgan fingerprint density at radius 1 is 1.14 bits per heavy atom. The van der Waals surface area contributed by atoms with Crippen LogP contribution in [0.25, 0.3) is 0 Å². The highest BCUT2D eigenvalue weighted by Crippen LogP contribution is 2.33. The molecule has 2 nitrogen and oxygen atoms in total. The van der Waals surface area contributed by atoms with Crippen molar-refractivity contribution in [1.82, 2.24) is 0 Å². The Labute approximate surface area is 145 Å². The highest BCUT2D eigenvalue weighted by Gasteiger charge is 2.31. The standard InChI is InChI=1S/C14H7BrF4INO/c15-10-3-2-8(16)6-9(10)13(22)21-12-5-7(14(17,18)19)1-4-11(12)20/h1-6H,(H,21,22). The van der Waals surface area contributed by atoms with Crippen LogP contribution < -0.4 is 5.32 Å². The number of benzene rings is 2. The normalized spacial score (nSPS) is 11.4. The summed E-state index contributed by atoms with van der Waals surface area (Å²) in [5.41, 5.74) is -0.869. The molecule has 0 radical (unpaired) electrons. The third-order valence-electron chi connectivity index (χ3n) is 2.71. The topological polar surface area (TPSA) is 29.1 Å². The molecular formula is C14H7BrF4INO. The van der Waals surface area contributed by atoms with E-state index in [-0.39, 0.29) is 11.3 Å². The minimum absolute atomic E-state index is 0.00629. The van der Waals surface area contributed by atoms with E-state index in [2.05, 4.69) is 21.2 Å². The van der Waals surface area contributed by atoms with E-state index in [0.717, 1.165) is 24.3 Å². The molecule has 0 saturated heterocycles. The lowest BCUT2D eigenvalue weighted by molar-refractivity contribution is -0.137. The highest BCUT2D eigenvalue weighted by atomic mass is 127. The monoisotopic (exact) mass is 487 g/mol. The molecule has 0 bridgehead atoms. The van der Waals surface area contributed by atoms with Crippen LogP contribution in [0.1, 0.15) is 15.9 Å². The van der Waals surface area contributed by atoms with E-state index in [1.54, 1.807) is 22.6 Å². The number of hydrogen-bond acceptors (Lipinski definition) is 1. The van der Waals surface area contributed by atoms with Crippen molar-refractivity contribution >= 4 is 50.1 Å². The first kappa shape index (κ1) is 17.2. The predicted octanol–water partition coefficient (Wildman–Crippen LogP) is 5.46. The fourth-order valence-electron chi connectivity index (χ4n) is 1.66. The van der Waals surface area contributed by atoms with Gasteiger partial charge in [-0.2, -0.15) is 13.2 Å². The van der Waals surface area contributed by atoms with Crippen molar-refractivity contribution in [3.05, 3.63) is 61.4 Å². The van der Waals surface area contributed by atoms with Gasteiger partial charge in [-0.1, -0.05) is 0 Å². The number of alkyl halides is 3. The molecule has 1 amide bonds. The molecule has 2 rings (SSSR count). The SMILES string of the molecule is O=C(Nc1cc(C(F)(F)F)ccc1I)c1cc(F)ccc1Br. The molecule has 0 spiro atoms. The van der Waals surface area contributed by atoms with Gasteiger partial charge < -0.3 is 5.32 Å². The highest BCUT2D eigenvalue weighted by molar-refractivity contribution is 14.1. The third-order valence-corrected chi connectivity index (χ3v) is 4.35. The van der Waals surface area contributed by atoms with Crippen molar-refractivity contribution in [2.45, 2.75) is 6.18 Å². The van der Waals surface area contributed by atoms with Crippen LogP contribution in [0, 0.1) is 9.39 Å². The Bertz CT molecular complexity index is 733. The van der Waals surface area contributed by atoms with Gasteiger partial charge >= 0.3 is 6.18 Å². The number of rotatable bonds is 2. The van der Waals surface area contributed by atoms with E-state index in [9.17, 15) is 22.4 Å². The van der Waals surface area contributed by atoms with Gasteiger partial charge in [0.25, 0.3) is 5.91 Å². The zero-order chi connectivity index (χ0) is 16.5. The molecular weight excluding hydrogens is 481 g/mol. The Hall–Kier alpha value is -1.16. The summed E-state index contributed by atoms with van der Waals surface area (Å²) >= 11 is 4.91. The van der Waals surface area contributed by atoms with Crippen LogP contribution in [0.5, 0.6) is 0 Å². The summed E-state index contributed by atoms with van der Waals surface area (Å²) < 4.78 is 52.1. The van der Waals surface area contributed by atoms with Gasteiger partial charge in [0, 0.05) is 8.04 Å². The first-order valence-corrected chi connectivity index (χ1v) is 7.69. The molecule has 0 saturated carbocycles. The average molecular weight is 488 g/mol. The summed E-state index contributed by atoms with van der Waals surface area (Å²) in [6.45, 7) is 0. The molecule has 0 heterocycles. The Morgan fingerprint density at radius 3 is 2.45 bits per heavy atom. The average Bonchev–Trinajstić information content (AvgIpc) is 2.42. The zero-order valence-electron chi connectivity index (χ0n) is 10.6. The number of amides is 1. The third kappa shape index (κ3) is 3.97. The molecule has 0 aromatic heterocycles. The van der Waals surface area contributed by atoms with Gasteiger partial charge in [-0.3, -0.25) is 4.79 Å². The number of carbonyl (C=O) groups excluding carboxylic acids is 1. The summed E-state index contributed by atoms with van der Waals surface area (Å²) in [7, 11) is 0. The molecule has 0 unspecified atom stereocenters. The molecule has 116 valence electrons. The Kier molecular flexibility index (Phi) is 5.10. The first-order valence-electron chi connectivity index (χ1n) is 5.81. The van der Waals surface area contributed by atoms with Gasteiger partial charge in [0.15, 0.2) is 0 Å². The lowest BCUT2D eigenvalue weighted by atomic mass is 10.1. The second-order valence-electron chi connectivity index (χ2n) is 4.27. The van der Waals surface area contributed by atoms with E-state index >= 15 is 0 Å². The minimum Gasteiger partial charge on any atom is -0.321 e. The lowest BCUT2D eigenvalue weighted by Crippen LogP contribution is -2.15. The zero-order valence-corrected chi connectivity index (χ0v) is 14.4. The van der Waals surface area contributed by atoms with Gasteiger partial charge in [-0.25, -0.2) is 4.39 Å². The van der Waals surface area contributed by atoms with Crippen molar-refractivity contribution in [2.24, 2.45) is 0 Å². The van der Waals surface area contributed by atoms with Crippen LogP contribution >= 0.6 is 38.5 Å². The largest absolute Gasteiger partial charge is 0.416 e. The number of nitrogens with one attached hydrogen (secondary N) is 1. The van der Waals surface area contributed by atoms with E-state index in [4.69, 9.17) is 0 Å². The molecule has 1 N–H and O–H groups in total. The van der Waals surface area contributed by atoms with Crippen molar-refractivity contribution in [3.63, 3.8) is 0 Å². The Morgan fingerprint density at radius 2 is 1.82 bits per heavy atom. The maximum absolute atomic E-state index is 13.2. The first-order chi connectivity index (χ1) is 10.2. The van der Waals surface area contributed by atoms with Gasteiger partial charge in [0.1, 0.15) is 5.82 Å². The number of anilines is 1. The predicted molar refractivity (Wildman–Crippen MR) is 86.2 cm³/mol. The van der Waals surface area contributed by atoms with Crippen molar-refractivity contribution in [2.75, 3.05) is 5.32 Å². The molecule has 0 aliphatic heterocycles. The van der Waals surface area contributed by atoms with Gasteiger partial charge in [-0.15, -0.1) is 0 Å². The fraction of sp³-hybridized carbons (Fsp3) is 0.0714. The molecule has 22 heavy (non-hydrogen) atoms. The Balaban J connectivity index is 2.34. The van der Waals surface area contributed by atoms with Crippen molar-refractivity contribution < 1.29 is 22.4 Å². The van der Waals surface area contributed by atoms with Crippen molar-refractivity contribution in [3.8, 4) is 0 Å². The maximum atomic E-state index is 13.2. The van der Waals surface area contributed by atoms with Crippen molar-refractivity contribution in [1.29, 1.82) is 0 Å². The molecule has 8 heteroatoms. The second kappa shape index (κ2) is 6.53. The fourth-order valence-corrected chi connectivity index (χ4v) is 2.56. The van der Waals surface area contributed by atoms with Crippen LogP contribution in [0.3, 0.4) is 0 Å². The molecule has 0 aliphatic carbocycles. The summed E-state index contributed by atoms with van der Waals surface area (Å²) in [5.74, 6) is -1.32. The molecule has 0 fully saturated rings. The van der Waals surface area contributed by atoms with E-state index in [1.807, 2.05) is 0 Å². The van der Waals surface area contributed by atoms with Gasteiger partial charge in [-0.05, 0) is 74.9 Å². The second-order valence-corrected chi connectivity index (χ2v) is 6.29. The van der Waals surface area contributed by atoms with Crippen LogP contribution in [0.15, 0.2) is 40.9 Å². The lowest BCUT2D eigenvalue weighted by Gasteiger charge is -2.12. The summed E-state index contributed by atoms with van der Waals surface area (Å²) in [6, 6.07) is 6.53. The minimum atomic E-state index is -4.51. The van der Waals surface area contributed by atoms with E-state index in [0.29, 0.717) is 8.04 Å². The molecule has 2 aromatic carbocycles. The van der Waals surface area contributed by atoms with Crippen LogP contribution in [0.2, 0.25) is 0 Å². The van der Waals surface area contributed by atoms with Gasteiger partial charge in [0.05, 0.1) is 16.8 Å². The van der Waals surface area contributed by atoms with E-state index in [1.165, 1.54) is 12.1 Å². The molecule has 2 aromatic rings. The quantitative estimate of drug-likeness (QED) is 0.442. The number of hydrogen-bond donors (Lipinski definition) is 1.